The Morgan fingerprint density at radius 3 is 2.82 bits per heavy atom. The summed E-state index contributed by atoms with van der Waals surface area (Å²) in [6.07, 6.45) is 9.63. The van der Waals surface area contributed by atoms with Crippen molar-refractivity contribution < 1.29 is 4.74 Å². The van der Waals surface area contributed by atoms with Crippen LogP contribution in [0.4, 0.5) is 0 Å². The quantitative estimate of drug-likeness (QED) is 0.573. The number of fused-ring (bicyclic) bond motifs is 1. The average Bonchev–Trinajstić information content (AvgIpc) is 3.19. The fraction of sp³-hybridized carbons (Fsp3) is 0.765. The molecule has 2 saturated carbocycles. The van der Waals surface area contributed by atoms with Crippen molar-refractivity contribution >= 4 is 0 Å². The maximum Gasteiger partial charge on any atom is 0.105 e. The van der Waals surface area contributed by atoms with Gasteiger partial charge in [-0.1, -0.05) is 17.7 Å². The predicted molar refractivity (Wildman–Crippen MR) is 84.6 cm³/mol. The van der Waals surface area contributed by atoms with Crippen LogP contribution >= 0.6 is 0 Å². The van der Waals surface area contributed by atoms with Gasteiger partial charge in [-0.2, -0.15) is 0 Å². The summed E-state index contributed by atoms with van der Waals surface area (Å²) in [6.45, 7) is 7.24. The van der Waals surface area contributed by atoms with Crippen molar-refractivity contribution in [2.75, 3.05) is 19.8 Å². The van der Waals surface area contributed by atoms with E-state index in [2.05, 4.69) is 26.5 Å². The summed E-state index contributed by atoms with van der Waals surface area (Å²) in [5.74, 6) is 0.839. The highest BCUT2D eigenvalue weighted by atomic mass is 16.5. The molecule has 0 radical (unpaired) electrons. The van der Waals surface area contributed by atoms with E-state index in [1.165, 1.54) is 43.5 Å². The molecular formula is C17H26N4O. The summed E-state index contributed by atoms with van der Waals surface area (Å²) in [7, 11) is 0. The molecule has 0 saturated heterocycles. The fourth-order valence-corrected chi connectivity index (χ4v) is 3.69. The first-order valence-corrected chi connectivity index (χ1v) is 8.73. The van der Waals surface area contributed by atoms with Gasteiger partial charge in [-0.3, -0.25) is 4.90 Å². The number of rotatable bonds is 7. The Kier molecular flexibility index (Phi) is 4.01. The van der Waals surface area contributed by atoms with Crippen LogP contribution < -0.4 is 0 Å². The lowest BCUT2D eigenvalue weighted by atomic mass is 9.88. The summed E-state index contributed by atoms with van der Waals surface area (Å²) in [4.78, 5) is 2.62. The Balaban J connectivity index is 1.54. The van der Waals surface area contributed by atoms with Crippen molar-refractivity contribution in [2.45, 2.75) is 57.2 Å². The molecule has 2 fully saturated rings. The summed E-state index contributed by atoms with van der Waals surface area (Å²) in [5.41, 5.74) is 2.53. The molecule has 1 aromatic rings. The third-order valence-electron chi connectivity index (χ3n) is 5.37. The second kappa shape index (κ2) is 6.13. The van der Waals surface area contributed by atoms with E-state index in [4.69, 9.17) is 4.74 Å². The summed E-state index contributed by atoms with van der Waals surface area (Å²) in [5, 5.41) is 9.01. The molecule has 2 heterocycles. The van der Waals surface area contributed by atoms with Crippen LogP contribution in [0.15, 0.2) is 12.7 Å². The van der Waals surface area contributed by atoms with E-state index in [-0.39, 0.29) is 6.04 Å². The van der Waals surface area contributed by atoms with Gasteiger partial charge in [0.25, 0.3) is 0 Å². The minimum Gasteiger partial charge on any atom is -0.375 e. The highest BCUT2D eigenvalue weighted by Gasteiger charge is 2.38. The zero-order valence-electron chi connectivity index (χ0n) is 13.3. The SMILES string of the molecule is C=CCOCC1c2nnn(CC3CC3)c2CCN1C1CCC1. The normalized spacial score (nSPS) is 25.7. The highest BCUT2D eigenvalue weighted by Crippen LogP contribution is 2.37. The average molecular weight is 302 g/mol. The van der Waals surface area contributed by atoms with Crippen molar-refractivity contribution in [3.8, 4) is 0 Å². The maximum absolute atomic E-state index is 5.79. The van der Waals surface area contributed by atoms with E-state index >= 15 is 0 Å². The van der Waals surface area contributed by atoms with E-state index in [9.17, 15) is 0 Å². The molecule has 1 aromatic heterocycles. The summed E-state index contributed by atoms with van der Waals surface area (Å²) < 4.78 is 7.97. The van der Waals surface area contributed by atoms with Crippen LogP contribution in [0.5, 0.6) is 0 Å². The number of hydrogen-bond acceptors (Lipinski definition) is 4. The van der Waals surface area contributed by atoms with Crippen LogP contribution in [0, 0.1) is 5.92 Å². The molecule has 1 atom stereocenters. The zero-order valence-corrected chi connectivity index (χ0v) is 13.3. The molecule has 0 amide bonds. The molecule has 0 bridgehead atoms. The van der Waals surface area contributed by atoms with Crippen molar-refractivity contribution in [1.82, 2.24) is 19.9 Å². The van der Waals surface area contributed by atoms with Gasteiger partial charge in [0.1, 0.15) is 5.69 Å². The van der Waals surface area contributed by atoms with Crippen molar-refractivity contribution in [2.24, 2.45) is 5.92 Å². The first kappa shape index (κ1) is 14.4. The van der Waals surface area contributed by atoms with Crippen molar-refractivity contribution in [3.05, 3.63) is 24.0 Å². The van der Waals surface area contributed by atoms with Crippen LogP contribution in [0.2, 0.25) is 0 Å². The van der Waals surface area contributed by atoms with E-state index in [0.717, 1.165) is 31.5 Å². The number of nitrogens with zero attached hydrogens (tertiary/aromatic N) is 4. The third-order valence-corrected chi connectivity index (χ3v) is 5.37. The van der Waals surface area contributed by atoms with E-state index in [1.54, 1.807) is 0 Å². The highest BCUT2D eigenvalue weighted by molar-refractivity contribution is 5.20. The van der Waals surface area contributed by atoms with Gasteiger partial charge in [-0.05, 0) is 31.6 Å². The van der Waals surface area contributed by atoms with Gasteiger partial charge in [0.2, 0.25) is 0 Å². The number of hydrogen-bond donors (Lipinski definition) is 0. The molecule has 120 valence electrons. The smallest absolute Gasteiger partial charge is 0.105 e. The monoisotopic (exact) mass is 302 g/mol. The van der Waals surface area contributed by atoms with Gasteiger partial charge >= 0.3 is 0 Å². The lowest BCUT2D eigenvalue weighted by Crippen LogP contribution is -2.47. The predicted octanol–water partition coefficient (Wildman–Crippen LogP) is 2.34. The second-order valence-corrected chi connectivity index (χ2v) is 6.96. The number of aromatic nitrogens is 3. The first-order chi connectivity index (χ1) is 10.9. The molecule has 0 N–H and O–H groups in total. The van der Waals surface area contributed by atoms with Crippen LogP contribution in [0.3, 0.4) is 0 Å². The molecule has 22 heavy (non-hydrogen) atoms. The molecule has 2 aliphatic carbocycles. The molecular weight excluding hydrogens is 276 g/mol. The minimum absolute atomic E-state index is 0.280. The van der Waals surface area contributed by atoms with Crippen molar-refractivity contribution in [1.29, 1.82) is 0 Å². The molecule has 0 aromatic carbocycles. The Bertz CT molecular complexity index is 533. The van der Waals surface area contributed by atoms with Gasteiger partial charge in [-0.15, -0.1) is 11.7 Å². The van der Waals surface area contributed by atoms with Gasteiger partial charge < -0.3 is 4.74 Å². The topological polar surface area (TPSA) is 43.2 Å². The Labute approximate surface area is 132 Å². The van der Waals surface area contributed by atoms with Crippen molar-refractivity contribution in [3.63, 3.8) is 0 Å². The molecule has 0 spiro atoms. The van der Waals surface area contributed by atoms with Crippen LogP contribution in [-0.4, -0.2) is 45.7 Å². The Hall–Kier alpha value is -1.20. The number of ether oxygens (including phenoxy) is 1. The molecule has 5 heteroatoms. The maximum atomic E-state index is 5.79. The van der Waals surface area contributed by atoms with Gasteiger partial charge in [0.05, 0.1) is 24.9 Å². The standard InChI is InChI=1S/C17H26N4O/c1-2-10-22-12-16-17-15(8-9-20(16)14-4-3-5-14)21(19-18-17)11-13-6-7-13/h2,13-14,16H,1,3-12H2. The van der Waals surface area contributed by atoms with Gasteiger partial charge in [0, 0.05) is 25.6 Å². The zero-order chi connectivity index (χ0) is 14.9. The molecule has 1 unspecified atom stereocenters. The lowest BCUT2D eigenvalue weighted by molar-refractivity contribution is 0.0142. The van der Waals surface area contributed by atoms with Crippen LogP contribution in [0.1, 0.15) is 49.5 Å². The van der Waals surface area contributed by atoms with Gasteiger partial charge in [0.15, 0.2) is 0 Å². The van der Waals surface area contributed by atoms with E-state index in [0.29, 0.717) is 13.2 Å². The Morgan fingerprint density at radius 1 is 1.27 bits per heavy atom. The molecule has 5 nitrogen and oxygen atoms in total. The van der Waals surface area contributed by atoms with E-state index < -0.39 is 0 Å². The van der Waals surface area contributed by atoms with Crippen LogP contribution in [0.25, 0.3) is 0 Å². The Morgan fingerprint density at radius 2 is 2.14 bits per heavy atom. The molecule has 4 rings (SSSR count). The van der Waals surface area contributed by atoms with Gasteiger partial charge in [-0.25, -0.2) is 4.68 Å². The molecule has 1 aliphatic heterocycles. The van der Waals surface area contributed by atoms with Crippen LogP contribution in [-0.2, 0) is 17.7 Å². The summed E-state index contributed by atoms with van der Waals surface area (Å²) in [6, 6.07) is 1.00. The summed E-state index contributed by atoms with van der Waals surface area (Å²) >= 11 is 0. The largest absolute Gasteiger partial charge is 0.375 e. The lowest BCUT2D eigenvalue weighted by Gasteiger charge is -2.44. The van der Waals surface area contributed by atoms with E-state index in [1.807, 2.05) is 6.08 Å². The molecule has 3 aliphatic rings. The minimum atomic E-state index is 0.280. The first-order valence-electron chi connectivity index (χ1n) is 8.73. The fourth-order valence-electron chi connectivity index (χ4n) is 3.69. The second-order valence-electron chi connectivity index (χ2n) is 6.96. The third kappa shape index (κ3) is 2.72.